The molecular weight excluding hydrogens is 120 g/mol. The highest BCUT2D eigenvalue weighted by molar-refractivity contribution is 5.92. The standard InChI is InChI=1S/C5H8N2O2/c6-5(8)4-1-2-9-7-3-4/h1,7H,2-3H2,(H2,6,8). The summed E-state index contributed by atoms with van der Waals surface area (Å²) in [5.41, 5.74) is 8.10. The van der Waals surface area contributed by atoms with E-state index >= 15 is 0 Å². The molecule has 0 aromatic carbocycles. The van der Waals surface area contributed by atoms with Crippen molar-refractivity contribution in [2.75, 3.05) is 13.2 Å². The summed E-state index contributed by atoms with van der Waals surface area (Å²) in [5, 5.41) is 0. The topological polar surface area (TPSA) is 64.4 Å². The molecule has 0 saturated carbocycles. The number of nitrogens with one attached hydrogen (secondary N) is 1. The summed E-state index contributed by atoms with van der Waals surface area (Å²) in [7, 11) is 0. The van der Waals surface area contributed by atoms with Crippen LogP contribution in [0, 0.1) is 0 Å². The highest BCUT2D eigenvalue weighted by atomic mass is 16.6. The van der Waals surface area contributed by atoms with Crippen LogP contribution in [0.15, 0.2) is 11.6 Å². The Morgan fingerprint density at radius 1 is 1.89 bits per heavy atom. The van der Waals surface area contributed by atoms with E-state index in [4.69, 9.17) is 10.6 Å². The van der Waals surface area contributed by atoms with Gasteiger partial charge in [-0.05, 0) is 6.08 Å². The number of carbonyl (C=O) groups is 1. The molecule has 1 rings (SSSR count). The zero-order valence-electron chi connectivity index (χ0n) is 4.89. The molecular formula is C5H8N2O2. The number of hydroxylamine groups is 1. The van der Waals surface area contributed by atoms with Crippen LogP contribution in [-0.2, 0) is 9.63 Å². The third-order valence-corrected chi connectivity index (χ3v) is 1.09. The molecule has 0 spiro atoms. The lowest BCUT2D eigenvalue weighted by atomic mass is 10.2. The quantitative estimate of drug-likeness (QED) is 0.472. The van der Waals surface area contributed by atoms with Gasteiger partial charge in [0.15, 0.2) is 0 Å². The van der Waals surface area contributed by atoms with E-state index in [1.54, 1.807) is 6.08 Å². The molecule has 0 fully saturated rings. The Morgan fingerprint density at radius 2 is 2.67 bits per heavy atom. The van der Waals surface area contributed by atoms with Crippen LogP contribution < -0.4 is 11.2 Å². The monoisotopic (exact) mass is 128 g/mol. The van der Waals surface area contributed by atoms with Gasteiger partial charge < -0.3 is 5.73 Å². The highest BCUT2D eigenvalue weighted by Crippen LogP contribution is 1.95. The summed E-state index contributed by atoms with van der Waals surface area (Å²) in [6.07, 6.45) is 1.67. The molecule has 1 aliphatic rings. The first-order chi connectivity index (χ1) is 4.30. The molecule has 4 nitrogen and oxygen atoms in total. The van der Waals surface area contributed by atoms with Gasteiger partial charge in [0, 0.05) is 5.57 Å². The Morgan fingerprint density at radius 3 is 3.00 bits per heavy atom. The molecule has 50 valence electrons. The Labute approximate surface area is 52.6 Å². The molecule has 0 radical (unpaired) electrons. The summed E-state index contributed by atoms with van der Waals surface area (Å²) in [4.78, 5) is 15.1. The zero-order valence-corrected chi connectivity index (χ0v) is 4.89. The Balaban J connectivity index is 2.57. The van der Waals surface area contributed by atoms with Crippen molar-refractivity contribution >= 4 is 5.91 Å². The minimum Gasteiger partial charge on any atom is -0.366 e. The van der Waals surface area contributed by atoms with Crippen LogP contribution in [0.25, 0.3) is 0 Å². The van der Waals surface area contributed by atoms with Crippen molar-refractivity contribution in [2.45, 2.75) is 0 Å². The van der Waals surface area contributed by atoms with Crippen molar-refractivity contribution in [1.29, 1.82) is 0 Å². The number of rotatable bonds is 1. The Hall–Kier alpha value is -0.870. The first-order valence-electron chi connectivity index (χ1n) is 2.64. The van der Waals surface area contributed by atoms with Crippen molar-refractivity contribution in [3.63, 3.8) is 0 Å². The van der Waals surface area contributed by atoms with Gasteiger partial charge in [-0.1, -0.05) is 0 Å². The first-order valence-corrected chi connectivity index (χ1v) is 2.64. The van der Waals surface area contributed by atoms with Gasteiger partial charge in [0.1, 0.15) is 0 Å². The number of carbonyl (C=O) groups excluding carboxylic acids is 1. The third-order valence-electron chi connectivity index (χ3n) is 1.09. The Kier molecular flexibility index (Phi) is 1.81. The normalized spacial score (nSPS) is 18.9. The van der Waals surface area contributed by atoms with E-state index in [1.165, 1.54) is 0 Å². The smallest absolute Gasteiger partial charge is 0.245 e. The average molecular weight is 128 g/mol. The first kappa shape index (κ1) is 6.25. The lowest BCUT2D eigenvalue weighted by Gasteiger charge is -2.10. The molecule has 0 aromatic rings. The third kappa shape index (κ3) is 1.51. The van der Waals surface area contributed by atoms with Gasteiger partial charge in [0.25, 0.3) is 0 Å². The van der Waals surface area contributed by atoms with E-state index in [0.29, 0.717) is 18.7 Å². The van der Waals surface area contributed by atoms with E-state index in [0.717, 1.165) is 0 Å². The number of hydrogen-bond donors (Lipinski definition) is 2. The average Bonchev–Trinajstić information content (AvgIpc) is 1.90. The van der Waals surface area contributed by atoms with Crippen LogP contribution >= 0.6 is 0 Å². The van der Waals surface area contributed by atoms with Crippen LogP contribution in [0.2, 0.25) is 0 Å². The van der Waals surface area contributed by atoms with E-state index in [-0.39, 0.29) is 5.91 Å². The van der Waals surface area contributed by atoms with Gasteiger partial charge in [0.05, 0.1) is 13.2 Å². The van der Waals surface area contributed by atoms with Gasteiger partial charge in [-0.25, -0.2) is 0 Å². The molecule has 1 amide bonds. The predicted molar refractivity (Wildman–Crippen MR) is 31.2 cm³/mol. The van der Waals surface area contributed by atoms with Crippen LogP contribution in [0.1, 0.15) is 0 Å². The van der Waals surface area contributed by atoms with Gasteiger partial charge in [-0.15, -0.1) is 0 Å². The fourth-order valence-electron chi connectivity index (χ4n) is 0.590. The molecule has 0 unspecified atom stereocenters. The maximum absolute atomic E-state index is 10.4. The minimum absolute atomic E-state index is 0.384. The van der Waals surface area contributed by atoms with E-state index in [2.05, 4.69) is 5.48 Å². The van der Waals surface area contributed by atoms with Gasteiger partial charge in [-0.2, -0.15) is 5.48 Å². The van der Waals surface area contributed by atoms with Crippen molar-refractivity contribution in [3.8, 4) is 0 Å². The molecule has 4 heteroatoms. The minimum atomic E-state index is -0.384. The van der Waals surface area contributed by atoms with E-state index in [9.17, 15) is 4.79 Å². The highest BCUT2D eigenvalue weighted by Gasteiger charge is 2.06. The fraction of sp³-hybridized carbons (Fsp3) is 0.400. The lowest BCUT2D eigenvalue weighted by molar-refractivity contribution is -0.115. The summed E-state index contributed by atoms with van der Waals surface area (Å²) in [6, 6.07) is 0. The maximum atomic E-state index is 10.4. The SMILES string of the molecule is NC(=O)C1=CCONC1. The van der Waals surface area contributed by atoms with Crippen LogP contribution in [-0.4, -0.2) is 19.1 Å². The van der Waals surface area contributed by atoms with Gasteiger partial charge >= 0.3 is 0 Å². The molecule has 3 N–H and O–H groups in total. The lowest BCUT2D eigenvalue weighted by Crippen LogP contribution is -2.29. The van der Waals surface area contributed by atoms with Crippen molar-refractivity contribution in [3.05, 3.63) is 11.6 Å². The van der Waals surface area contributed by atoms with E-state index < -0.39 is 0 Å². The second-order valence-corrected chi connectivity index (χ2v) is 1.73. The molecule has 9 heavy (non-hydrogen) atoms. The van der Waals surface area contributed by atoms with Crippen LogP contribution in [0.4, 0.5) is 0 Å². The molecule has 0 bridgehead atoms. The summed E-state index contributed by atoms with van der Waals surface area (Å²) < 4.78 is 0. The molecule has 0 aromatic heterocycles. The summed E-state index contributed by atoms with van der Waals surface area (Å²) in [5.74, 6) is -0.384. The number of nitrogens with two attached hydrogens (primary N) is 1. The van der Waals surface area contributed by atoms with Gasteiger partial charge in [0.2, 0.25) is 5.91 Å². The van der Waals surface area contributed by atoms with Crippen molar-refractivity contribution < 1.29 is 9.63 Å². The predicted octanol–water partition coefficient (Wildman–Crippen LogP) is -1.07. The number of hydrogen-bond acceptors (Lipinski definition) is 3. The Bertz CT molecular complexity index is 153. The maximum Gasteiger partial charge on any atom is 0.245 e. The molecule has 0 atom stereocenters. The molecule has 1 aliphatic heterocycles. The van der Waals surface area contributed by atoms with Crippen molar-refractivity contribution in [2.24, 2.45) is 5.73 Å². The fourth-order valence-corrected chi connectivity index (χ4v) is 0.590. The van der Waals surface area contributed by atoms with E-state index in [1.807, 2.05) is 0 Å². The summed E-state index contributed by atoms with van der Waals surface area (Å²) >= 11 is 0. The van der Waals surface area contributed by atoms with Crippen LogP contribution in [0.3, 0.4) is 0 Å². The largest absolute Gasteiger partial charge is 0.366 e. The van der Waals surface area contributed by atoms with Crippen LogP contribution in [0.5, 0.6) is 0 Å². The number of primary amides is 1. The van der Waals surface area contributed by atoms with Gasteiger partial charge in [-0.3, -0.25) is 9.63 Å². The van der Waals surface area contributed by atoms with Crippen molar-refractivity contribution in [1.82, 2.24) is 5.48 Å². The number of amides is 1. The summed E-state index contributed by atoms with van der Waals surface area (Å²) in [6.45, 7) is 0.827. The zero-order chi connectivity index (χ0) is 6.69. The second kappa shape index (κ2) is 2.61. The molecule has 0 aliphatic carbocycles. The molecule has 1 heterocycles. The molecule has 0 saturated heterocycles. The second-order valence-electron chi connectivity index (χ2n) is 1.73.